The maximum Gasteiger partial charge on any atom is 0.295 e. The molecule has 1 amide bonds. The first kappa shape index (κ1) is 21.0. The van der Waals surface area contributed by atoms with Crippen molar-refractivity contribution in [3.8, 4) is 5.75 Å². The Morgan fingerprint density at radius 1 is 1.12 bits per heavy atom. The molecule has 8 heteroatoms. The van der Waals surface area contributed by atoms with Crippen molar-refractivity contribution in [2.24, 2.45) is 0 Å². The maximum atomic E-state index is 13.7. The molecule has 4 aromatic rings. The molecular weight excluding hydrogens is 488 g/mol. The SMILES string of the molecule is COc1cccc2cc(C(=O)C3=C(O)C(=O)N(c4ccccn4)C3c3cccc(Br)c3)oc12. The van der Waals surface area contributed by atoms with Crippen LogP contribution in [0.3, 0.4) is 0 Å². The van der Waals surface area contributed by atoms with Crippen LogP contribution in [0, 0.1) is 0 Å². The first-order valence-corrected chi connectivity index (χ1v) is 10.8. The number of hydrogen-bond donors (Lipinski definition) is 1. The molecular formula is C25H17BrN2O5. The van der Waals surface area contributed by atoms with E-state index < -0.39 is 23.5 Å². The molecule has 1 unspecified atom stereocenters. The molecule has 2 aromatic heterocycles. The van der Waals surface area contributed by atoms with Crippen molar-refractivity contribution in [3.63, 3.8) is 0 Å². The van der Waals surface area contributed by atoms with Gasteiger partial charge in [0.2, 0.25) is 5.78 Å². The number of halogens is 1. The van der Waals surface area contributed by atoms with Crippen LogP contribution in [-0.4, -0.2) is 28.9 Å². The van der Waals surface area contributed by atoms with Crippen molar-refractivity contribution in [2.75, 3.05) is 12.0 Å². The summed E-state index contributed by atoms with van der Waals surface area (Å²) in [6.45, 7) is 0. The predicted octanol–water partition coefficient (Wildman–Crippen LogP) is 5.38. The lowest BCUT2D eigenvalue weighted by atomic mass is 9.95. The Morgan fingerprint density at radius 2 is 1.94 bits per heavy atom. The lowest BCUT2D eigenvalue weighted by Gasteiger charge is -2.25. The lowest BCUT2D eigenvalue weighted by molar-refractivity contribution is -0.117. The van der Waals surface area contributed by atoms with Crippen molar-refractivity contribution < 1.29 is 23.8 Å². The molecule has 33 heavy (non-hydrogen) atoms. The topological polar surface area (TPSA) is 92.9 Å². The molecule has 1 aliphatic heterocycles. The van der Waals surface area contributed by atoms with Crippen LogP contribution >= 0.6 is 15.9 Å². The smallest absolute Gasteiger partial charge is 0.295 e. The van der Waals surface area contributed by atoms with E-state index in [1.807, 2.05) is 6.07 Å². The number of fused-ring (bicyclic) bond motifs is 1. The average molecular weight is 505 g/mol. The molecule has 1 atom stereocenters. The number of carbonyl (C=O) groups excluding carboxylic acids is 2. The van der Waals surface area contributed by atoms with Gasteiger partial charge in [-0.25, -0.2) is 4.98 Å². The number of aromatic nitrogens is 1. The Kier molecular flexibility index (Phi) is 5.22. The number of amides is 1. The Labute approximate surface area is 197 Å². The summed E-state index contributed by atoms with van der Waals surface area (Å²) in [5.41, 5.74) is 0.958. The molecule has 0 saturated carbocycles. The number of ether oxygens (including phenoxy) is 1. The minimum Gasteiger partial charge on any atom is -0.503 e. The largest absolute Gasteiger partial charge is 0.503 e. The van der Waals surface area contributed by atoms with Gasteiger partial charge in [0.25, 0.3) is 5.91 Å². The zero-order chi connectivity index (χ0) is 23.1. The average Bonchev–Trinajstić information content (AvgIpc) is 3.38. The molecule has 5 rings (SSSR count). The zero-order valence-electron chi connectivity index (χ0n) is 17.4. The number of rotatable bonds is 5. The van der Waals surface area contributed by atoms with E-state index in [2.05, 4.69) is 20.9 Å². The van der Waals surface area contributed by atoms with E-state index in [-0.39, 0.29) is 11.3 Å². The van der Waals surface area contributed by atoms with Crippen LogP contribution < -0.4 is 9.64 Å². The molecule has 7 nitrogen and oxygen atoms in total. The van der Waals surface area contributed by atoms with E-state index in [1.165, 1.54) is 12.0 Å². The monoisotopic (exact) mass is 504 g/mol. The number of Topliss-reactive ketones (excluding diaryl/α,β-unsaturated/α-hetero) is 1. The van der Waals surface area contributed by atoms with E-state index in [1.54, 1.807) is 66.9 Å². The fraction of sp³-hybridized carbons (Fsp3) is 0.0800. The normalized spacial score (nSPS) is 16.0. The Bertz CT molecular complexity index is 1430. The highest BCUT2D eigenvalue weighted by Crippen LogP contribution is 2.42. The van der Waals surface area contributed by atoms with Gasteiger partial charge >= 0.3 is 0 Å². The lowest BCUT2D eigenvalue weighted by Crippen LogP contribution is -2.31. The van der Waals surface area contributed by atoms with Gasteiger partial charge in [-0.3, -0.25) is 14.5 Å². The van der Waals surface area contributed by atoms with E-state index in [0.717, 1.165) is 4.47 Å². The van der Waals surface area contributed by atoms with Crippen molar-refractivity contribution in [2.45, 2.75) is 6.04 Å². The molecule has 0 spiro atoms. The molecule has 2 aromatic carbocycles. The maximum absolute atomic E-state index is 13.7. The van der Waals surface area contributed by atoms with E-state index in [4.69, 9.17) is 9.15 Å². The van der Waals surface area contributed by atoms with Gasteiger partial charge in [-0.15, -0.1) is 0 Å². The highest BCUT2D eigenvalue weighted by molar-refractivity contribution is 9.10. The fourth-order valence-corrected chi connectivity index (χ4v) is 4.42. The number of benzene rings is 2. The molecule has 3 heterocycles. The molecule has 1 aliphatic rings. The van der Waals surface area contributed by atoms with Crippen LogP contribution in [0.5, 0.6) is 5.75 Å². The summed E-state index contributed by atoms with van der Waals surface area (Å²) in [7, 11) is 1.51. The van der Waals surface area contributed by atoms with Gasteiger partial charge in [0.05, 0.1) is 18.7 Å². The third kappa shape index (κ3) is 3.48. The summed E-state index contributed by atoms with van der Waals surface area (Å²) in [4.78, 5) is 32.4. The number of para-hydroxylation sites is 1. The quantitative estimate of drug-likeness (QED) is 0.366. The number of ketones is 1. The Balaban J connectivity index is 1.67. The number of carbonyl (C=O) groups is 2. The van der Waals surface area contributed by atoms with Crippen LogP contribution in [0.25, 0.3) is 11.0 Å². The molecule has 1 N–H and O–H groups in total. The number of methoxy groups -OCH3 is 1. The van der Waals surface area contributed by atoms with Crippen LogP contribution in [0.2, 0.25) is 0 Å². The summed E-state index contributed by atoms with van der Waals surface area (Å²) in [6, 6.07) is 18.3. The van der Waals surface area contributed by atoms with Gasteiger partial charge in [0.15, 0.2) is 22.9 Å². The van der Waals surface area contributed by atoms with Crippen LogP contribution in [-0.2, 0) is 4.79 Å². The number of aliphatic hydroxyl groups excluding tert-OH is 1. The Morgan fingerprint density at radius 3 is 2.67 bits per heavy atom. The summed E-state index contributed by atoms with van der Waals surface area (Å²) < 4.78 is 11.9. The minimum atomic E-state index is -0.896. The number of anilines is 1. The molecule has 0 bridgehead atoms. The van der Waals surface area contributed by atoms with Crippen molar-refractivity contribution >= 4 is 44.4 Å². The number of furan rings is 1. The van der Waals surface area contributed by atoms with Crippen LogP contribution in [0.1, 0.15) is 22.2 Å². The number of pyridine rings is 1. The number of nitrogens with zero attached hydrogens (tertiary/aromatic N) is 2. The Hall–Kier alpha value is -3.91. The van der Waals surface area contributed by atoms with Gasteiger partial charge in [-0.1, -0.05) is 46.3 Å². The second-order valence-electron chi connectivity index (χ2n) is 7.40. The van der Waals surface area contributed by atoms with Gasteiger partial charge in [0.1, 0.15) is 5.82 Å². The molecule has 0 radical (unpaired) electrons. The van der Waals surface area contributed by atoms with Gasteiger partial charge < -0.3 is 14.3 Å². The third-order valence-corrected chi connectivity index (χ3v) is 5.96. The van der Waals surface area contributed by atoms with E-state index >= 15 is 0 Å². The van der Waals surface area contributed by atoms with Crippen molar-refractivity contribution in [1.29, 1.82) is 0 Å². The van der Waals surface area contributed by atoms with E-state index in [0.29, 0.717) is 28.1 Å². The van der Waals surface area contributed by atoms with Crippen molar-refractivity contribution in [3.05, 3.63) is 100 Å². The van der Waals surface area contributed by atoms with Crippen LogP contribution in [0.4, 0.5) is 5.82 Å². The van der Waals surface area contributed by atoms with E-state index in [9.17, 15) is 14.7 Å². The molecule has 0 aliphatic carbocycles. The highest BCUT2D eigenvalue weighted by atomic mass is 79.9. The second-order valence-corrected chi connectivity index (χ2v) is 8.32. The number of aliphatic hydroxyl groups is 1. The van der Waals surface area contributed by atoms with Gasteiger partial charge in [-0.05, 0) is 42.0 Å². The third-order valence-electron chi connectivity index (χ3n) is 5.46. The summed E-state index contributed by atoms with van der Waals surface area (Å²) in [5.74, 6) is -1.16. The molecule has 164 valence electrons. The van der Waals surface area contributed by atoms with Gasteiger partial charge in [0, 0.05) is 16.1 Å². The highest BCUT2D eigenvalue weighted by Gasteiger charge is 2.46. The fourth-order valence-electron chi connectivity index (χ4n) is 4.00. The first-order chi connectivity index (χ1) is 16.0. The minimum absolute atomic E-state index is 0.00767. The summed E-state index contributed by atoms with van der Waals surface area (Å²) in [6.07, 6.45) is 1.54. The standard InChI is InChI=1S/C25H17BrN2O5/c1-32-17-9-5-7-15-13-18(33-24(15)17)22(29)20-21(14-6-4-8-16(26)12-14)28(25(31)23(20)30)19-10-2-3-11-27-19/h2-13,21,30H,1H3. The van der Waals surface area contributed by atoms with Crippen LogP contribution in [0.15, 0.2) is 93.1 Å². The first-order valence-electron chi connectivity index (χ1n) is 10.0. The summed E-state index contributed by atoms with van der Waals surface area (Å²) in [5, 5.41) is 11.5. The number of hydrogen-bond acceptors (Lipinski definition) is 6. The summed E-state index contributed by atoms with van der Waals surface area (Å²) >= 11 is 3.44. The van der Waals surface area contributed by atoms with Gasteiger partial charge in [-0.2, -0.15) is 0 Å². The zero-order valence-corrected chi connectivity index (χ0v) is 18.9. The molecule has 0 fully saturated rings. The second kappa shape index (κ2) is 8.22. The predicted molar refractivity (Wildman–Crippen MR) is 125 cm³/mol. The van der Waals surface area contributed by atoms with Crippen molar-refractivity contribution in [1.82, 2.24) is 4.98 Å². The molecule has 0 saturated heterocycles.